The van der Waals surface area contributed by atoms with Gasteiger partial charge in [-0.05, 0) is 37.2 Å². The molecule has 0 radical (unpaired) electrons. The van der Waals surface area contributed by atoms with Crippen LogP contribution in [0.25, 0.3) is 0 Å². The zero-order valence-corrected chi connectivity index (χ0v) is 9.43. The van der Waals surface area contributed by atoms with E-state index in [2.05, 4.69) is 24.3 Å². The van der Waals surface area contributed by atoms with Gasteiger partial charge in [0.15, 0.2) is 0 Å². The van der Waals surface area contributed by atoms with Gasteiger partial charge in [-0.15, -0.1) is 0 Å². The molecule has 0 amide bonds. The molecule has 1 fully saturated rings. The predicted octanol–water partition coefficient (Wildman–Crippen LogP) is 3.12. The lowest BCUT2D eigenvalue weighted by molar-refractivity contribution is -0.138. The summed E-state index contributed by atoms with van der Waals surface area (Å²) in [5, 5.41) is 8.76. The predicted molar refractivity (Wildman–Crippen MR) is 63.2 cm³/mol. The summed E-state index contributed by atoms with van der Waals surface area (Å²) < 4.78 is 0. The molecule has 1 aliphatic rings. The Morgan fingerprint density at radius 2 is 2.00 bits per heavy atom. The molecule has 1 N–H and O–H groups in total. The number of hydrogen-bond donors (Lipinski definition) is 1. The lowest BCUT2D eigenvalue weighted by atomic mass is 10.1. The summed E-state index contributed by atoms with van der Waals surface area (Å²) in [5.41, 5.74) is 1.38. The van der Waals surface area contributed by atoms with Crippen LogP contribution >= 0.6 is 0 Å². The molecule has 1 aliphatic carbocycles. The molecule has 0 aliphatic heterocycles. The number of carbonyl (C=O) groups is 1. The zero-order chi connectivity index (χ0) is 11.4. The van der Waals surface area contributed by atoms with Gasteiger partial charge < -0.3 is 5.11 Å². The first-order chi connectivity index (χ1) is 7.77. The molecule has 86 valence electrons. The fraction of sp³-hybridized carbons (Fsp3) is 0.500. The Labute approximate surface area is 96.3 Å². The topological polar surface area (TPSA) is 37.3 Å². The number of carboxylic acids is 1. The fourth-order valence-corrected chi connectivity index (χ4v) is 2.25. The van der Waals surface area contributed by atoms with Crippen molar-refractivity contribution in [2.45, 2.75) is 32.1 Å². The standard InChI is InChI=1S/C14H18O2/c15-14(16)13-10-12(13)9-5-4-8-11-6-2-1-3-7-11/h1-3,6-7,12-13H,4-5,8-10H2,(H,15,16). The number of aryl methyl sites for hydroxylation is 1. The number of unbranched alkanes of at least 4 members (excludes halogenated alkanes) is 1. The molecule has 2 unspecified atom stereocenters. The Bertz CT molecular complexity index is 345. The number of rotatable bonds is 6. The molecule has 1 aromatic carbocycles. The average molecular weight is 218 g/mol. The van der Waals surface area contributed by atoms with Gasteiger partial charge in [-0.1, -0.05) is 36.8 Å². The van der Waals surface area contributed by atoms with Crippen molar-refractivity contribution in [2.24, 2.45) is 11.8 Å². The first-order valence-electron chi connectivity index (χ1n) is 6.04. The van der Waals surface area contributed by atoms with Crippen LogP contribution in [0.15, 0.2) is 30.3 Å². The van der Waals surface area contributed by atoms with Crippen LogP contribution in [0.4, 0.5) is 0 Å². The van der Waals surface area contributed by atoms with Crippen molar-refractivity contribution < 1.29 is 9.90 Å². The first-order valence-corrected chi connectivity index (χ1v) is 6.04. The van der Waals surface area contributed by atoms with Gasteiger partial charge in [0.1, 0.15) is 0 Å². The molecular weight excluding hydrogens is 200 g/mol. The lowest BCUT2D eigenvalue weighted by Crippen LogP contribution is -1.99. The van der Waals surface area contributed by atoms with E-state index in [0.717, 1.165) is 25.7 Å². The first kappa shape index (κ1) is 11.2. The van der Waals surface area contributed by atoms with E-state index >= 15 is 0 Å². The van der Waals surface area contributed by atoms with Crippen LogP contribution in [0.5, 0.6) is 0 Å². The van der Waals surface area contributed by atoms with Gasteiger partial charge in [-0.3, -0.25) is 4.79 Å². The fourth-order valence-electron chi connectivity index (χ4n) is 2.25. The van der Waals surface area contributed by atoms with Crippen molar-refractivity contribution in [3.8, 4) is 0 Å². The molecule has 16 heavy (non-hydrogen) atoms. The maximum Gasteiger partial charge on any atom is 0.306 e. The highest BCUT2D eigenvalue weighted by Gasteiger charge is 2.42. The van der Waals surface area contributed by atoms with E-state index < -0.39 is 5.97 Å². The van der Waals surface area contributed by atoms with Gasteiger partial charge >= 0.3 is 5.97 Å². The van der Waals surface area contributed by atoms with Crippen molar-refractivity contribution >= 4 is 5.97 Å². The monoisotopic (exact) mass is 218 g/mol. The summed E-state index contributed by atoms with van der Waals surface area (Å²) in [4.78, 5) is 10.6. The van der Waals surface area contributed by atoms with Crippen LogP contribution in [0.1, 0.15) is 31.2 Å². The zero-order valence-electron chi connectivity index (χ0n) is 9.43. The van der Waals surface area contributed by atoms with Crippen molar-refractivity contribution in [2.75, 3.05) is 0 Å². The Balaban J connectivity index is 1.58. The van der Waals surface area contributed by atoms with E-state index in [0.29, 0.717) is 5.92 Å². The van der Waals surface area contributed by atoms with Crippen LogP contribution in [-0.4, -0.2) is 11.1 Å². The minimum atomic E-state index is -0.604. The highest BCUT2D eigenvalue weighted by Crippen LogP contribution is 2.42. The van der Waals surface area contributed by atoms with Crippen molar-refractivity contribution in [3.63, 3.8) is 0 Å². The quantitative estimate of drug-likeness (QED) is 0.745. The Hall–Kier alpha value is -1.31. The van der Waals surface area contributed by atoms with Crippen molar-refractivity contribution in [3.05, 3.63) is 35.9 Å². The molecule has 0 spiro atoms. The second kappa shape index (κ2) is 5.15. The lowest BCUT2D eigenvalue weighted by Gasteiger charge is -2.00. The third-order valence-electron chi connectivity index (χ3n) is 3.37. The number of aliphatic carboxylic acids is 1. The SMILES string of the molecule is O=C(O)C1CC1CCCCc1ccccc1. The van der Waals surface area contributed by atoms with Crippen LogP contribution < -0.4 is 0 Å². The Kier molecular flexibility index (Phi) is 3.60. The minimum Gasteiger partial charge on any atom is -0.481 e. The molecule has 2 heteroatoms. The molecule has 0 saturated heterocycles. The maximum atomic E-state index is 10.6. The summed E-state index contributed by atoms with van der Waals surface area (Å²) in [7, 11) is 0. The summed E-state index contributed by atoms with van der Waals surface area (Å²) >= 11 is 0. The van der Waals surface area contributed by atoms with E-state index in [-0.39, 0.29) is 5.92 Å². The highest BCUT2D eigenvalue weighted by atomic mass is 16.4. The summed E-state index contributed by atoms with van der Waals surface area (Å²) in [6, 6.07) is 10.5. The summed E-state index contributed by atoms with van der Waals surface area (Å²) in [6.07, 6.45) is 5.44. The van der Waals surface area contributed by atoms with Gasteiger partial charge in [0.05, 0.1) is 5.92 Å². The van der Waals surface area contributed by atoms with Gasteiger partial charge in [-0.2, -0.15) is 0 Å². The maximum absolute atomic E-state index is 10.6. The molecule has 1 aromatic rings. The van der Waals surface area contributed by atoms with Crippen LogP contribution in [0.3, 0.4) is 0 Å². The normalized spacial score (nSPS) is 23.0. The van der Waals surface area contributed by atoms with E-state index in [1.165, 1.54) is 12.0 Å². The number of benzene rings is 1. The van der Waals surface area contributed by atoms with E-state index in [1.807, 2.05) is 6.07 Å². The number of hydrogen-bond acceptors (Lipinski definition) is 1. The third kappa shape index (κ3) is 3.09. The second-order valence-electron chi connectivity index (χ2n) is 4.67. The van der Waals surface area contributed by atoms with E-state index in [9.17, 15) is 4.79 Å². The number of carboxylic acid groups (broad SMARTS) is 1. The smallest absolute Gasteiger partial charge is 0.306 e. The van der Waals surface area contributed by atoms with Gasteiger partial charge in [0, 0.05) is 0 Å². The molecule has 2 nitrogen and oxygen atoms in total. The van der Waals surface area contributed by atoms with Crippen molar-refractivity contribution in [1.29, 1.82) is 0 Å². The molecule has 0 heterocycles. The molecular formula is C14H18O2. The molecule has 1 saturated carbocycles. The molecule has 2 atom stereocenters. The van der Waals surface area contributed by atoms with Crippen molar-refractivity contribution in [1.82, 2.24) is 0 Å². The Morgan fingerprint density at radius 3 is 2.62 bits per heavy atom. The Morgan fingerprint density at radius 1 is 1.25 bits per heavy atom. The van der Waals surface area contributed by atoms with Crippen LogP contribution in [-0.2, 0) is 11.2 Å². The average Bonchev–Trinajstić information content (AvgIpc) is 3.05. The van der Waals surface area contributed by atoms with Gasteiger partial charge in [0.25, 0.3) is 0 Å². The van der Waals surface area contributed by atoms with E-state index in [4.69, 9.17) is 5.11 Å². The third-order valence-corrected chi connectivity index (χ3v) is 3.37. The highest BCUT2D eigenvalue weighted by molar-refractivity contribution is 5.73. The van der Waals surface area contributed by atoms with E-state index in [1.54, 1.807) is 0 Å². The molecule has 0 aromatic heterocycles. The van der Waals surface area contributed by atoms with Gasteiger partial charge in [-0.25, -0.2) is 0 Å². The largest absolute Gasteiger partial charge is 0.481 e. The molecule has 2 rings (SSSR count). The van der Waals surface area contributed by atoms with Crippen LogP contribution in [0.2, 0.25) is 0 Å². The summed E-state index contributed by atoms with van der Waals surface area (Å²) in [5.74, 6) is -0.168. The van der Waals surface area contributed by atoms with Crippen LogP contribution in [0, 0.1) is 11.8 Å². The molecule has 0 bridgehead atoms. The minimum absolute atomic E-state index is 0.0308. The van der Waals surface area contributed by atoms with Gasteiger partial charge in [0.2, 0.25) is 0 Å². The second-order valence-corrected chi connectivity index (χ2v) is 4.67. The summed E-state index contributed by atoms with van der Waals surface area (Å²) in [6.45, 7) is 0.